The molecule has 0 fully saturated rings. The monoisotopic (exact) mass is 354 g/mol. The molecule has 0 saturated heterocycles. The highest BCUT2D eigenvalue weighted by Crippen LogP contribution is 2.16. The van der Waals surface area contributed by atoms with Crippen LogP contribution in [0.3, 0.4) is 0 Å². The minimum Gasteiger partial charge on any atom is -0.482 e. The molecule has 4 nitrogen and oxygen atoms in total. The van der Waals surface area contributed by atoms with Crippen molar-refractivity contribution in [2.75, 3.05) is 13.2 Å². The van der Waals surface area contributed by atoms with E-state index >= 15 is 0 Å². The lowest BCUT2D eigenvalue weighted by molar-refractivity contribution is -0.145. The van der Waals surface area contributed by atoms with E-state index in [2.05, 4.69) is 17.2 Å². The molecule has 0 unspecified atom stereocenters. The van der Waals surface area contributed by atoms with Gasteiger partial charge in [0.1, 0.15) is 5.75 Å². The van der Waals surface area contributed by atoms with E-state index in [-0.39, 0.29) is 12.4 Å². The Kier molecular flexibility index (Phi) is 7.08. The number of thiocarbonyl (C=S) groups is 1. The minimum absolute atomic E-state index is 0.0751. The van der Waals surface area contributed by atoms with Crippen LogP contribution in [0.25, 0.3) is 0 Å². The van der Waals surface area contributed by atoms with Crippen LogP contribution in [0, 0.1) is 0 Å². The summed E-state index contributed by atoms with van der Waals surface area (Å²) in [7, 11) is 0. The number of benzene rings is 2. The number of allylic oxidation sites excluding steroid dienone is 1. The quantitative estimate of drug-likeness (QED) is 0.412. The van der Waals surface area contributed by atoms with Gasteiger partial charge in [0.05, 0.1) is 6.61 Å². The first-order valence-electron chi connectivity index (χ1n) is 7.85. The number of hydrogen-bond donors (Lipinski definition) is 0. The molecule has 2 aromatic rings. The number of esters is 1. The van der Waals surface area contributed by atoms with Crippen LogP contribution in [0.1, 0.15) is 28.4 Å². The number of carbonyl (C=O) groups is 2. The van der Waals surface area contributed by atoms with Crippen molar-refractivity contribution >= 4 is 29.0 Å². The van der Waals surface area contributed by atoms with E-state index in [0.717, 1.165) is 5.56 Å². The number of carbonyl (C=O) groups excluding carboxylic acids is 2. The van der Waals surface area contributed by atoms with Crippen molar-refractivity contribution in [1.29, 1.82) is 0 Å². The normalized spacial score (nSPS) is 9.80. The SMILES string of the molecule is CCOC(=O)COc1ccc(C(=O)c2ccc(CC=C=S)cc2)cc1. The fraction of sp³-hybridized carbons (Fsp3) is 0.200. The van der Waals surface area contributed by atoms with Gasteiger partial charge >= 0.3 is 5.97 Å². The van der Waals surface area contributed by atoms with Crippen LogP contribution in [0.2, 0.25) is 0 Å². The smallest absolute Gasteiger partial charge is 0.344 e. The van der Waals surface area contributed by atoms with Crippen LogP contribution in [-0.4, -0.2) is 30.0 Å². The van der Waals surface area contributed by atoms with Gasteiger partial charge in [0.2, 0.25) is 0 Å². The second kappa shape index (κ2) is 9.52. The first-order chi connectivity index (χ1) is 12.1. The average molecular weight is 354 g/mol. The van der Waals surface area contributed by atoms with Crippen LogP contribution in [0.4, 0.5) is 0 Å². The molecular weight excluding hydrogens is 336 g/mol. The highest BCUT2D eigenvalue weighted by atomic mass is 32.1. The van der Waals surface area contributed by atoms with Crippen LogP contribution in [-0.2, 0) is 16.0 Å². The zero-order chi connectivity index (χ0) is 18.1. The van der Waals surface area contributed by atoms with Gasteiger partial charge in [-0.15, -0.1) is 0 Å². The van der Waals surface area contributed by atoms with E-state index in [1.54, 1.807) is 49.4 Å². The lowest BCUT2D eigenvalue weighted by Gasteiger charge is -2.07. The highest BCUT2D eigenvalue weighted by Gasteiger charge is 2.10. The molecule has 0 atom stereocenters. The van der Waals surface area contributed by atoms with Crippen LogP contribution >= 0.6 is 12.2 Å². The maximum absolute atomic E-state index is 12.5. The molecule has 128 valence electrons. The van der Waals surface area contributed by atoms with Crippen molar-refractivity contribution in [3.8, 4) is 5.75 Å². The van der Waals surface area contributed by atoms with E-state index in [0.29, 0.717) is 29.9 Å². The summed E-state index contributed by atoms with van der Waals surface area (Å²) >= 11 is 4.64. The van der Waals surface area contributed by atoms with Gasteiger partial charge in [-0.3, -0.25) is 4.79 Å². The van der Waals surface area contributed by atoms with E-state index < -0.39 is 5.97 Å². The van der Waals surface area contributed by atoms with Crippen LogP contribution in [0.5, 0.6) is 5.75 Å². The number of rotatable bonds is 8. The Bertz CT molecular complexity index is 772. The van der Waals surface area contributed by atoms with Crippen molar-refractivity contribution in [2.24, 2.45) is 0 Å². The van der Waals surface area contributed by atoms with E-state index in [9.17, 15) is 9.59 Å². The molecule has 2 rings (SSSR count). The summed E-state index contributed by atoms with van der Waals surface area (Å²) in [5.41, 5.74) is 2.22. The van der Waals surface area contributed by atoms with Gasteiger partial charge in [-0.2, -0.15) is 0 Å². The number of ketones is 1. The zero-order valence-corrected chi connectivity index (χ0v) is 14.7. The maximum Gasteiger partial charge on any atom is 0.344 e. The van der Waals surface area contributed by atoms with Crippen LogP contribution in [0.15, 0.2) is 54.6 Å². The van der Waals surface area contributed by atoms with Gasteiger partial charge in [-0.1, -0.05) is 29.3 Å². The average Bonchev–Trinajstić information content (AvgIpc) is 2.65. The van der Waals surface area contributed by atoms with Crippen LogP contribution < -0.4 is 4.74 Å². The Morgan fingerprint density at radius 2 is 1.64 bits per heavy atom. The Hall–Kier alpha value is -2.75. The standard InChI is InChI=1S/C20H18O4S/c1-2-23-19(21)14-24-18-11-9-17(10-12-18)20(22)16-7-5-15(6-8-16)4-3-13-25/h3,5-12H,2,4,14H2,1H3. The van der Waals surface area contributed by atoms with Gasteiger partial charge in [0, 0.05) is 11.1 Å². The summed E-state index contributed by atoms with van der Waals surface area (Å²) in [6.07, 6.45) is 2.46. The summed E-state index contributed by atoms with van der Waals surface area (Å²) in [5.74, 6) is 0.00648. The van der Waals surface area contributed by atoms with Gasteiger partial charge in [0.25, 0.3) is 0 Å². The molecule has 0 aliphatic carbocycles. The Balaban J connectivity index is 1.99. The highest BCUT2D eigenvalue weighted by molar-refractivity contribution is 7.78. The summed E-state index contributed by atoms with van der Waals surface area (Å²) in [6, 6.07) is 14.0. The Morgan fingerprint density at radius 1 is 1.04 bits per heavy atom. The molecule has 0 aliphatic rings. The molecule has 25 heavy (non-hydrogen) atoms. The lowest BCUT2D eigenvalue weighted by Crippen LogP contribution is -2.14. The first kappa shape index (κ1) is 18.6. The minimum atomic E-state index is -0.425. The van der Waals surface area contributed by atoms with E-state index in [1.165, 1.54) is 0 Å². The molecule has 0 bridgehead atoms. The fourth-order valence-electron chi connectivity index (χ4n) is 2.17. The van der Waals surface area contributed by atoms with Crippen molar-refractivity contribution in [3.05, 3.63) is 71.3 Å². The molecule has 0 spiro atoms. The molecule has 0 saturated carbocycles. The summed E-state index contributed by atoms with van der Waals surface area (Å²) in [4.78, 5) is 23.7. The largest absolute Gasteiger partial charge is 0.482 e. The summed E-state index contributed by atoms with van der Waals surface area (Å²) in [5, 5.41) is 2.56. The molecule has 0 aliphatic heterocycles. The van der Waals surface area contributed by atoms with Crippen molar-refractivity contribution in [3.63, 3.8) is 0 Å². The summed E-state index contributed by atoms with van der Waals surface area (Å²) in [6.45, 7) is 1.90. The Morgan fingerprint density at radius 3 is 2.20 bits per heavy atom. The second-order valence-electron chi connectivity index (χ2n) is 5.17. The third-order valence-electron chi connectivity index (χ3n) is 3.42. The molecule has 0 radical (unpaired) electrons. The van der Waals surface area contributed by atoms with E-state index in [4.69, 9.17) is 9.47 Å². The topological polar surface area (TPSA) is 52.6 Å². The molecule has 0 amide bonds. The number of hydrogen-bond acceptors (Lipinski definition) is 5. The molecule has 0 aromatic heterocycles. The zero-order valence-electron chi connectivity index (χ0n) is 13.9. The molecule has 0 heterocycles. The van der Waals surface area contributed by atoms with Gasteiger partial charge in [0.15, 0.2) is 12.4 Å². The van der Waals surface area contributed by atoms with Crippen molar-refractivity contribution in [2.45, 2.75) is 13.3 Å². The van der Waals surface area contributed by atoms with Gasteiger partial charge in [-0.25, -0.2) is 4.79 Å². The molecule has 5 heteroatoms. The maximum atomic E-state index is 12.5. The summed E-state index contributed by atoms with van der Waals surface area (Å²) < 4.78 is 10.1. The third-order valence-corrected chi connectivity index (χ3v) is 3.58. The lowest BCUT2D eigenvalue weighted by atomic mass is 10.0. The molecular formula is C20H18O4S. The molecule has 2 aromatic carbocycles. The van der Waals surface area contributed by atoms with E-state index in [1.807, 2.05) is 12.1 Å². The van der Waals surface area contributed by atoms with Gasteiger partial charge < -0.3 is 9.47 Å². The predicted molar refractivity (Wildman–Crippen MR) is 99.3 cm³/mol. The van der Waals surface area contributed by atoms with Crippen molar-refractivity contribution < 1.29 is 19.1 Å². The Labute approximate surface area is 152 Å². The fourth-order valence-corrected chi connectivity index (χ4v) is 2.25. The second-order valence-corrected chi connectivity index (χ2v) is 5.41. The molecule has 0 N–H and O–H groups in total. The van der Waals surface area contributed by atoms with Crippen molar-refractivity contribution in [1.82, 2.24) is 0 Å². The third kappa shape index (κ3) is 5.68. The first-order valence-corrected chi connectivity index (χ1v) is 8.26. The predicted octanol–water partition coefficient (Wildman–Crippen LogP) is 3.56. The van der Waals surface area contributed by atoms with Gasteiger partial charge in [-0.05, 0) is 61.5 Å². The number of ether oxygens (including phenoxy) is 2.